The van der Waals surface area contributed by atoms with Gasteiger partial charge in [-0.25, -0.2) is 15.0 Å². The molecule has 2 fully saturated rings. The molecule has 3 aliphatic heterocycles. The first-order valence-electron chi connectivity index (χ1n) is 18.3. The van der Waals surface area contributed by atoms with Crippen molar-refractivity contribution in [2.45, 2.75) is 59.2 Å². The maximum Gasteiger partial charge on any atom is 0.293 e. The fourth-order valence-electron chi connectivity index (χ4n) is 8.24. The molecule has 14 nitrogen and oxygen atoms in total. The molecule has 7 heterocycles. The summed E-state index contributed by atoms with van der Waals surface area (Å²) >= 11 is 0. The van der Waals surface area contributed by atoms with Gasteiger partial charge >= 0.3 is 0 Å². The highest BCUT2D eigenvalue weighted by Crippen LogP contribution is 2.40. The molecule has 1 aliphatic carbocycles. The SMILES string of the molecule is C=CC(=O)Nc1cc(Nc2nc(-c3ccnc(N4CCn5c(cc6c5CC(C)(C)C6)C4=O)c3C)cn(C)c2=O)cnc1N1CCN(C2COC2)CC1C. The standard InChI is InChI=1S/C39H46N10O4/c1-7-33(50)43-29-15-26(18-41-36(29)47-11-10-46(19-23(47)2)27-21-53-22-27)42-34-38(52)45(6)20-30(44-34)28-8-9-40-35(24(28)3)49-13-12-48-31(37(49)51)14-25-16-39(4,5)17-32(25)48/h7-9,14-15,18,20,23,27H,1,10-13,16-17,19,21-22H2,2-6H3,(H,42,44)(H,43,50). The summed E-state index contributed by atoms with van der Waals surface area (Å²) < 4.78 is 9.07. The first-order valence-corrected chi connectivity index (χ1v) is 18.3. The van der Waals surface area contributed by atoms with E-state index in [2.05, 4.69) is 63.4 Å². The molecule has 276 valence electrons. The van der Waals surface area contributed by atoms with Gasteiger partial charge in [-0.2, -0.15) is 0 Å². The number of aryl methyl sites for hydroxylation is 1. The lowest BCUT2D eigenvalue weighted by Gasteiger charge is -2.46. The Bertz CT molecular complexity index is 2200. The Balaban J connectivity index is 1.07. The van der Waals surface area contributed by atoms with E-state index in [9.17, 15) is 14.4 Å². The fourth-order valence-corrected chi connectivity index (χ4v) is 8.24. The summed E-state index contributed by atoms with van der Waals surface area (Å²) in [5.74, 6) is 0.879. The molecular formula is C39H46N10O4. The van der Waals surface area contributed by atoms with Gasteiger partial charge in [0.05, 0.1) is 42.5 Å². The smallest absolute Gasteiger partial charge is 0.293 e. The van der Waals surface area contributed by atoms with Gasteiger partial charge in [-0.05, 0) is 61.9 Å². The third kappa shape index (κ3) is 6.29. The number of rotatable bonds is 8. The van der Waals surface area contributed by atoms with Crippen molar-refractivity contribution in [3.63, 3.8) is 0 Å². The van der Waals surface area contributed by atoms with Gasteiger partial charge in [0, 0.05) is 75.0 Å². The van der Waals surface area contributed by atoms with Crippen LogP contribution in [-0.4, -0.2) is 92.3 Å². The third-order valence-electron chi connectivity index (χ3n) is 11.0. The monoisotopic (exact) mass is 718 g/mol. The summed E-state index contributed by atoms with van der Waals surface area (Å²) in [5, 5.41) is 6.08. The Morgan fingerprint density at radius 2 is 1.89 bits per heavy atom. The minimum Gasteiger partial charge on any atom is -0.378 e. The average Bonchev–Trinajstić information content (AvgIpc) is 3.59. The number of hydrogen-bond acceptors (Lipinski definition) is 10. The van der Waals surface area contributed by atoms with Crippen LogP contribution in [0.4, 0.5) is 28.8 Å². The highest BCUT2D eigenvalue weighted by atomic mass is 16.5. The Morgan fingerprint density at radius 3 is 2.62 bits per heavy atom. The zero-order valence-corrected chi connectivity index (χ0v) is 31.0. The second kappa shape index (κ2) is 13.3. The quantitative estimate of drug-likeness (QED) is 0.258. The van der Waals surface area contributed by atoms with E-state index < -0.39 is 0 Å². The summed E-state index contributed by atoms with van der Waals surface area (Å²) in [7, 11) is 1.67. The molecule has 53 heavy (non-hydrogen) atoms. The van der Waals surface area contributed by atoms with Crippen molar-refractivity contribution in [1.82, 2.24) is 29.0 Å². The number of nitrogens with zero attached hydrogens (tertiary/aromatic N) is 8. The maximum absolute atomic E-state index is 13.9. The molecule has 1 unspecified atom stereocenters. The van der Waals surface area contributed by atoms with Gasteiger partial charge in [-0.3, -0.25) is 24.2 Å². The molecule has 0 bridgehead atoms. The van der Waals surface area contributed by atoms with Crippen LogP contribution in [0.1, 0.15) is 48.1 Å². The Labute approximate surface area is 308 Å². The summed E-state index contributed by atoms with van der Waals surface area (Å²) in [5.41, 5.74) is 6.18. The minimum atomic E-state index is -0.364. The van der Waals surface area contributed by atoms with Crippen LogP contribution >= 0.6 is 0 Å². The van der Waals surface area contributed by atoms with E-state index in [-0.39, 0.29) is 34.6 Å². The number of carbonyl (C=O) groups excluding carboxylic acids is 2. The molecular weight excluding hydrogens is 672 g/mol. The predicted octanol–water partition coefficient (Wildman–Crippen LogP) is 3.91. The molecule has 1 atom stereocenters. The molecule has 0 saturated carbocycles. The molecule has 2 amide bonds. The highest BCUT2D eigenvalue weighted by molar-refractivity contribution is 6.06. The number of fused-ring (bicyclic) bond motifs is 3. The fraction of sp³-hybridized carbons (Fsp3) is 0.436. The van der Waals surface area contributed by atoms with Crippen molar-refractivity contribution in [2.24, 2.45) is 12.5 Å². The van der Waals surface area contributed by atoms with Crippen LogP contribution in [0.25, 0.3) is 11.3 Å². The molecule has 2 N–H and O–H groups in total. The van der Waals surface area contributed by atoms with Gasteiger partial charge < -0.3 is 29.4 Å². The van der Waals surface area contributed by atoms with E-state index in [1.54, 1.807) is 36.6 Å². The zero-order valence-electron chi connectivity index (χ0n) is 31.0. The Kier molecular flexibility index (Phi) is 8.69. The van der Waals surface area contributed by atoms with E-state index in [4.69, 9.17) is 14.7 Å². The summed E-state index contributed by atoms with van der Waals surface area (Å²) in [6.07, 6.45) is 8.17. The van der Waals surface area contributed by atoms with Crippen LogP contribution in [0, 0.1) is 12.3 Å². The highest BCUT2D eigenvalue weighted by Gasteiger charge is 2.38. The van der Waals surface area contributed by atoms with Gasteiger partial charge in [0.25, 0.3) is 11.5 Å². The van der Waals surface area contributed by atoms with Crippen LogP contribution < -0.4 is 26.0 Å². The van der Waals surface area contributed by atoms with Gasteiger partial charge in [0.2, 0.25) is 5.91 Å². The lowest BCUT2D eigenvalue weighted by molar-refractivity contribution is -0.111. The Hall–Kier alpha value is -5.34. The van der Waals surface area contributed by atoms with E-state index >= 15 is 0 Å². The summed E-state index contributed by atoms with van der Waals surface area (Å²) in [6, 6.07) is 6.27. The molecule has 14 heteroatoms. The van der Waals surface area contributed by atoms with Gasteiger partial charge in [0.1, 0.15) is 11.5 Å². The number of carbonyl (C=O) groups is 2. The number of nitrogens with one attached hydrogen (secondary N) is 2. The number of piperazine rings is 1. The van der Waals surface area contributed by atoms with Gasteiger partial charge in [-0.1, -0.05) is 20.4 Å². The van der Waals surface area contributed by atoms with Crippen molar-refractivity contribution >= 4 is 40.6 Å². The van der Waals surface area contributed by atoms with Crippen molar-refractivity contribution in [3.05, 3.63) is 82.3 Å². The number of anilines is 5. The van der Waals surface area contributed by atoms with Crippen LogP contribution in [-0.2, 0) is 36.0 Å². The van der Waals surface area contributed by atoms with E-state index in [0.29, 0.717) is 53.5 Å². The second-order valence-electron chi connectivity index (χ2n) is 15.5. The molecule has 0 aromatic carbocycles. The van der Waals surface area contributed by atoms with Crippen LogP contribution in [0.3, 0.4) is 0 Å². The first-order chi connectivity index (χ1) is 25.4. The average molecular weight is 719 g/mol. The topological polar surface area (TPSA) is 143 Å². The molecule has 2 saturated heterocycles. The third-order valence-corrected chi connectivity index (χ3v) is 11.0. The molecule has 4 aliphatic rings. The molecule has 0 radical (unpaired) electrons. The van der Waals surface area contributed by atoms with Crippen LogP contribution in [0.15, 0.2) is 54.2 Å². The van der Waals surface area contributed by atoms with Crippen molar-refractivity contribution in [2.75, 3.05) is 59.8 Å². The molecule has 4 aromatic rings. The number of aromatic nitrogens is 5. The number of amides is 2. The second-order valence-corrected chi connectivity index (χ2v) is 15.5. The number of hydrogen-bond donors (Lipinski definition) is 2. The lowest BCUT2D eigenvalue weighted by Crippen LogP contribution is -2.59. The maximum atomic E-state index is 13.9. The van der Waals surface area contributed by atoms with Gasteiger partial charge in [0.15, 0.2) is 11.6 Å². The minimum absolute atomic E-state index is 0.0634. The predicted molar refractivity (Wildman–Crippen MR) is 204 cm³/mol. The summed E-state index contributed by atoms with van der Waals surface area (Å²) in [6.45, 7) is 17.4. The lowest BCUT2D eigenvalue weighted by atomic mass is 9.90. The van der Waals surface area contributed by atoms with Gasteiger partial charge in [-0.15, -0.1) is 0 Å². The molecule has 4 aromatic heterocycles. The zero-order chi connectivity index (χ0) is 37.2. The number of pyridine rings is 2. The van der Waals surface area contributed by atoms with E-state index in [1.807, 2.05) is 13.0 Å². The normalized spacial score (nSPS) is 19.8. The van der Waals surface area contributed by atoms with Crippen LogP contribution in [0.2, 0.25) is 0 Å². The van der Waals surface area contributed by atoms with E-state index in [1.165, 1.54) is 21.9 Å². The van der Waals surface area contributed by atoms with Crippen molar-refractivity contribution in [3.8, 4) is 11.3 Å². The number of ether oxygens (including phenoxy) is 1. The first kappa shape index (κ1) is 34.7. The van der Waals surface area contributed by atoms with Crippen LogP contribution in [0.5, 0.6) is 0 Å². The van der Waals surface area contributed by atoms with E-state index in [0.717, 1.165) is 56.8 Å². The Morgan fingerprint density at radius 1 is 1.08 bits per heavy atom. The summed E-state index contributed by atoms with van der Waals surface area (Å²) in [4.78, 5) is 60.5. The molecule has 8 rings (SSSR count). The molecule has 0 spiro atoms. The largest absolute Gasteiger partial charge is 0.378 e. The van der Waals surface area contributed by atoms with Crippen molar-refractivity contribution < 1.29 is 14.3 Å². The van der Waals surface area contributed by atoms with Crippen molar-refractivity contribution in [1.29, 1.82) is 0 Å².